The molecular formula is C23H16ClF11N2O2. The molecule has 0 aliphatic heterocycles. The van der Waals surface area contributed by atoms with E-state index < -0.39 is 87.8 Å². The summed E-state index contributed by atoms with van der Waals surface area (Å²) in [4.78, 5) is 23.7. The van der Waals surface area contributed by atoms with Gasteiger partial charge in [-0.1, -0.05) is 23.7 Å². The van der Waals surface area contributed by atoms with E-state index in [-0.39, 0.29) is 12.1 Å². The van der Waals surface area contributed by atoms with Crippen LogP contribution >= 0.6 is 11.6 Å². The van der Waals surface area contributed by atoms with Crippen molar-refractivity contribution in [1.29, 1.82) is 0 Å². The quantitative estimate of drug-likeness (QED) is 0.260. The number of hydrogen-bond donors (Lipinski definition) is 2. The van der Waals surface area contributed by atoms with Gasteiger partial charge in [0, 0.05) is 5.56 Å². The summed E-state index contributed by atoms with van der Waals surface area (Å²) in [5.41, 5.74) is -4.66. The van der Waals surface area contributed by atoms with Crippen molar-refractivity contribution in [2.24, 2.45) is 0 Å². The molecule has 0 aromatic heterocycles. The summed E-state index contributed by atoms with van der Waals surface area (Å²) in [5.74, 6) is -8.71. The highest BCUT2D eigenvalue weighted by Gasteiger charge is 2.41. The van der Waals surface area contributed by atoms with Gasteiger partial charge in [0.05, 0.1) is 22.3 Å². The largest absolute Gasteiger partial charge is 0.417 e. The maximum atomic E-state index is 14.8. The predicted octanol–water partition coefficient (Wildman–Crippen LogP) is 7.30. The zero-order valence-electron chi connectivity index (χ0n) is 19.3. The Kier molecular flexibility index (Phi) is 9.64. The predicted molar refractivity (Wildman–Crippen MR) is 116 cm³/mol. The molecular weight excluding hydrogens is 581 g/mol. The molecule has 2 unspecified atom stereocenters. The van der Waals surface area contributed by atoms with Gasteiger partial charge in [0.25, 0.3) is 5.91 Å². The molecule has 2 rings (SSSR count). The minimum atomic E-state index is -5.33. The van der Waals surface area contributed by atoms with E-state index in [1.54, 1.807) is 5.32 Å². The summed E-state index contributed by atoms with van der Waals surface area (Å²) in [6.07, 6.45) is -18.9. The molecule has 0 aliphatic rings. The molecule has 0 saturated heterocycles. The van der Waals surface area contributed by atoms with E-state index in [1.807, 2.05) is 5.32 Å². The summed E-state index contributed by atoms with van der Waals surface area (Å²) in [6, 6.07) is 2.87. The van der Waals surface area contributed by atoms with Gasteiger partial charge in [-0.3, -0.25) is 9.59 Å². The number of benzene rings is 2. The molecule has 214 valence electrons. The molecule has 2 aromatic rings. The Morgan fingerprint density at radius 2 is 1.56 bits per heavy atom. The van der Waals surface area contributed by atoms with E-state index in [0.717, 1.165) is 6.92 Å². The first kappa shape index (κ1) is 31.9. The second-order valence-electron chi connectivity index (χ2n) is 8.02. The highest BCUT2D eigenvalue weighted by atomic mass is 35.5. The molecule has 2 amide bonds. The van der Waals surface area contributed by atoms with Gasteiger partial charge < -0.3 is 10.6 Å². The topological polar surface area (TPSA) is 58.2 Å². The molecule has 4 nitrogen and oxygen atoms in total. The van der Waals surface area contributed by atoms with E-state index in [4.69, 9.17) is 11.6 Å². The Morgan fingerprint density at radius 3 is 2.08 bits per heavy atom. The molecule has 2 aromatic carbocycles. The van der Waals surface area contributed by atoms with E-state index in [0.29, 0.717) is 30.3 Å². The third-order valence-electron chi connectivity index (χ3n) is 4.90. The second-order valence-corrected chi connectivity index (χ2v) is 8.43. The fourth-order valence-electron chi connectivity index (χ4n) is 3.24. The van der Waals surface area contributed by atoms with Crippen LogP contribution in [0.5, 0.6) is 0 Å². The maximum Gasteiger partial charge on any atom is 0.417 e. The van der Waals surface area contributed by atoms with Gasteiger partial charge in [-0.25, -0.2) is 8.78 Å². The fourth-order valence-corrected chi connectivity index (χ4v) is 3.43. The first-order valence-electron chi connectivity index (χ1n) is 10.5. The molecule has 0 heterocycles. The summed E-state index contributed by atoms with van der Waals surface area (Å²) in [7, 11) is 0. The van der Waals surface area contributed by atoms with Crippen molar-refractivity contribution >= 4 is 29.2 Å². The third kappa shape index (κ3) is 9.11. The summed E-state index contributed by atoms with van der Waals surface area (Å²) in [6.45, 7) is 0.954. The highest BCUT2D eigenvalue weighted by Crippen LogP contribution is 2.40. The lowest BCUT2D eigenvalue weighted by atomic mass is 9.95. The standard InChI is InChI=1S/C23H16ClF11N2O2/c1-10(36-19(38)9-21(27,28)29)37-20(39)13-4-2-12(6-15(13)23(33,34)35)18(26)8-14(22(30,31)32)11-3-5-17(25)16(24)7-11/h2-8,10,14H,9H2,1H3,(H,36,38)(H,37,39)/b18-8-. The van der Waals surface area contributed by atoms with Crippen LogP contribution < -0.4 is 10.6 Å². The Bertz CT molecular complexity index is 1250. The van der Waals surface area contributed by atoms with Crippen LogP contribution in [0.2, 0.25) is 5.02 Å². The number of carbonyl (C=O) groups excluding carboxylic acids is 2. The number of nitrogens with one attached hydrogen (secondary N) is 2. The molecule has 0 bridgehead atoms. The van der Waals surface area contributed by atoms with Gasteiger partial charge in [0.15, 0.2) is 0 Å². The zero-order chi connectivity index (χ0) is 29.9. The molecule has 0 saturated carbocycles. The van der Waals surface area contributed by atoms with Crippen LogP contribution in [0.15, 0.2) is 42.5 Å². The normalized spacial score (nSPS) is 14.5. The molecule has 39 heavy (non-hydrogen) atoms. The van der Waals surface area contributed by atoms with Gasteiger partial charge >= 0.3 is 18.5 Å². The van der Waals surface area contributed by atoms with Gasteiger partial charge in [0.2, 0.25) is 5.91 Å². The monoisotopic (exact) mass is 596 g/mol. The highest BCUT2D eigenvalue weighted by molar-refractivity contribution is 6.30. The van der Waals surface area contributed by atoms with E-state index in [2.05, 4.69) is 0 Å². The average molecular weight is 597 g/mol. The number of carbonyl (C=O) groups is 2. The van der Waals surface area contributed by atoms with E-state index >= 15 is 0 Å². The van der Waals surface area contributed by atoms with Crippen LogP contribution in [0.3, 0.4) is 0 Å². The first-order chi connectivity index (χ1) is 17.7. The van der Waals surface area contributed by atoms with Crippen LogP contribution in [-0.4, -0.2) is 30.3 Å². The Morgan fingerprint density at radius 1 is 0.949 bits per heavy atom. The zero-order valence-corrected chi connectivity index (χ0v) is 20.0. The molecule has 0 aliphatic carbocycles. The molecule has 0 spiro atoms. The lowest BCUT2D eigenvalue weighted by Crippen LogP contribution is -2.47. The molecule has 0 radical (unpaired) electrons. The average Bonchev–Trinajstić information content (AvgIpc) is 2.76. The lowest BCUT2D eigenvalue weighted by Gasteiger charge is -2.20. The lowest BCUT2D eigenvalue weighted by molar-refractivity contribution is -0.154. The van der Waals surface area contributed by atoms with Crippen LogP contribution in [0.1, 0.15) is 46.3 Å². The van der Waals surface area contributed by atoms with Gasteiger partial charge in [-0.15, -0.1) is 0 Å². The maximum absolute atomic E-state index is 14.8. The molecule has 16 heteroatoms. The molecule has 2 N–H and O–H groups in total. The minimum absolute atomic E-state index is 0.0543. The van der Waals surface area contributed by atoms with Crippen molar-refractivity contribution in [2.45, 2.75) is 44.0 Å². The minimum Gasteiger partial charge on any atom is -0.336 e. The van der Waals surface area contributed by atoms with Crippen molar-refractivity contribution in [3.63, 3.8) is 0 Å². The van der Waals surface area contributed by atoms with E-state index in [1.165, 1.54) is 0 Å². The fraction of sp³-hybridized carbons (Fsp3) is 0.304. The van der Waals surface area contributed by atoms with Gasteiger partial charge in [-0.2, -0.15) is 39.5 Å². The van der Waals surface area contributed by atoms with Crippen molar-refractivity contribution < 1.29 is 57.9 Å². The number of hydrogen-bond acceptors (Lipinski definition) is 2. The van der Waals surface area contributed by atoms with Crippen LogP contribution in [0.4, 0.5) is 48.3 Å². The van der Waals surface area contributed by atoms with Crippen LogP contribution in [0.25, 0.3) is 5.83 Å². The molecule has 2 atom stereocenters. The molecule has 0 fully saturated rings. The third-order valence-corrected chi connectivity index (χ3v) is 5.19. The Balaban J connectivity index is 2.40. The summed E-state index contributed by atoms with van der Waals surface area (Å²) >= 11 is 5.48. The van der Waals surface area contributed by atoms with Crippen LogP contribution in [0, 0.1) is 5.82 Å². The number of amides is 2. The van der Waals surface area contributed by atoms with Gasteiger partial charge in [0.1, 0.15) is 24.0 Å². The summed E-state index contributed by atoms with van der Waals surface area (Å²) in [5, 5.41) is 2.81. The first-order valence-corrected chi connectivity index (χ1v) is 10.8. The van der Waals surface area contributed by atoms with Crippen molar-refractivity contribution in [1.82, 2.24) is 10.6 Å². The number of allylic oxidation sites excluding steroid dienone is 1. The van der Waals surface area contributed by atoms with Crippen LogP contribution in [-0.2, 0) is 11.0 Å². The summed E-state index contributed by atoms with van der Waals surface area (Å²) < 4.78 is 147. The van der Waals surface area contributed by atoms with Crippen molar-refractivity contribution in [3.05, 3.63) is 75.6 Å². The Labute approximate surface area is 217 Å². The van der Waals surface area contributed by atoms with E-state index in [9.17, 15) is 57.9 Å². The van der Waals surface area contributed by atoms with Crippen molar-refractivity contribution in [3.8, 4) is 0 Å². The SMILES string of the molecule is CC(NC(=O)CC(F)(F)F)NC(=O)c1ccc(/C(F)=C/C(c2ccc(F)c(Cl)c2)C(F)(F)F)cc1C(F)(F)F. The van der Waals surface area contributed by atoms with Crippen molar-refractivity contribution in [2.75, 3.05) is 0 Å². The number of halogens is 12. The second kappa shape index (κ2) is 11.8. The van der Waals surface area contributed by atoms with Gasteiger partial charge in [-0.05, 0) is 42.8 Å². The smallest absolute Gasteiger partial charge is 0.336 e. The number of alkyl halides is 9. The number of rotatable bonds is 7. The Hall–Kier alpha value is -3.36.